The van der Waals surface area contributed by atoms with E-state index in [9.17, 15) is 9.90 Å². The van der Waals surface area contributed by atoms with Gasteiger partial charge in [-0.1, -0.05) is 12.6 Å². The van der Waals surface area contributed by atoms with Gasteiger partial charge in [-0.3, -0.25) is 0 Å². The predicted octanol–water partition coefficient (Wildman–Crippen LogP) is 2.75. The molecule has 0 fully saturated rings. The maximum absolute atomic E-state index is 11.5. The highest BCUT2D eigenvalue weighted by atomic mass is 16.5. The van der Waals surface area contributed by atoms with Gasteiger partial charge in [0.05, 0.1) is 7.11 Å². The number of phenols is 1. The van der Waals surface area contributed by atoms with Crippen molar-refractivity contribution in [2.24, 2.45) is 0 Å². The lowest BCUT2D eigenvalue weighted by atomic mass is 10.2. The minimum absolute atomic E-state index is 0.0160. The van der Waals surface area contributed by atoms with Crippen LogP contribution in [0, 0.1) is 0 Å². The van der Waals surface area contributed by atoms with E-state index in [0.717, 1.165) is 0 Å². The average molecular weight is 339 g/mol. The number of carbonyl (C=O) groups is 1. The van der Waals surface area contributed by atoms with Gasteiger partial charge in [0.1, 0.15) is 34.8 Å². The number of nitrogens with zero attached hydrogens (tertiary/aromatic N) is 3. The summed E-state index contributed by atoms with van der Waals surface area (Å²) in [6.45, 7) is 5.18. The van der Waals surface area contributed by atoms with Gasteiger partial charge in [-0.2, -0.15) is 0 Å². The average Bonchev–Trinajstić information content (AvgIpc) is 3.03. The number of hydrogen-bond acceptors (Lipinski definition) is 6. The molecule has 2 aromatic carbocycles. The Labute approximate surface area is 144 Å². The highest BCUT2D eigenvalue weighted by Crippen LogP contribution is 2.25. The summed E-state index contributed by atoms with van der Waals surface area (Å²) in [5.41, 5.74) is 2.71. The van der Waals surface area contributed by atoms with Crippen LogP contribution in [0.3, 0.4) is 0 Å². The number of aromatic hydroxyl groups is 1. The van der Waals surface area contributed by atoms with Gasteiger partial charge < -0.3 is 14.6 Å². The molecule has 0 aliphatic rings. The van der Waals surface area contributed by atoms with Crippen molar-refractivity contribution in [1.29, 1.82) is 0 Å². The van der Waals surface area contributed by atoms with Crippen molar-refractivity contribution in [3.63, 3.8) is 0 Å². The molecular formula is C18H17N3O4. The molecule has 0 aliphatic heterocycles. The van der Waals surface area contributed by atoms with E-state index in [2.05, 4.69) is 16.8 Å². The number of aromatic nitrogens is 3. The summed E-state index contributed by atoms with van der Waals surface area (Å²) in [5.74, 6) is 0.219. The van der Waals surface area contributed by atoms with Crippen LogP contribution < -0.4 is 4.74 Å². The minimum Gasteiger partial charge on any atom is -0.506 e. The number of esters is 1. The fourth-order valence-electron chi connectivity index (χ4n) is 2.22. The van der Waals surface area contributed by atoms with Gasteiger partial charge in [-0.05, 0) is 36.8 Å². The van der Waals surface area contributed by atoms with E-state index in [1.807, 2.05) is 0 Å². The van der Waals surface area contributed by atoms with E-state index in [1.165, 1.54) is 10.9 Å². The number of phenolic OH excluding ortho intramolecular Hbond substituents is 1. The standard InChI is InChI=1S/C18H17N3O4/c1-11(2)18(23)25-10-12-4-7-17(22)16(8-12)21-19-14-6-5-13(24-3)9-15(14)20-21/h4-9,22H,1,10H2,2-3H3. The Hall–Kier alpha value is -3.35. The summed E-state index contributed by atoms with van der Waals surface area (Å²) in [5, 5.41) is 18.8. The first-order valence-corrected chi connectivity index (χ1v) is 7.54. The molecule has 1 aromatic heterocycles. The highest BCUT2D eigenvalue weighted by molar-refractivity contribution is 5.86. The molecule has 0 spiro atoms. The third-order valence-corrected chi connectivity index (χ3v) is 3.56. The lowest BCUT2D eigenvalue weighted by molar-refractivity contribution is -0.140. The molecule has 0 saturated carbocycles. The van der Waals surface area contributed by atoms with Gasteiger partial charge >= 0.3 is 5.97 Å². The molecule has 25 heavy (non-hydrogen) atoms. The molecule has 128 valence electrons. The van der Waals surface area contributed by atoms with Crippen LogP contribution in [-0.4, -0.2) is 33.2 Å². The summed E-state index contributed by atoms with van der Waals surface area (Å²) in [4.78, 5) is 12.8. The van der Waals surface area contributed by atoms with E-state index < -0.39 is 5.97 Å². The second kappa shape index (κ2) is 6.64. The summed E-state index contributed by atoms with van der Waals surface area (Å²) < 4.78 is 10.3. The SMILES string of the molecule is C=C(C)C(=O)OCc1ccc(O)c(-n2nc3ccc(OC)cc3n2)c1. The normalized spacial score (nSPS) is 10.6. The lowest BCUT2D eigenvalue weighted by Gasteiger charge is -2.08. The zero-order chi connectivity index (χ0) is 18.0. The van der Waals surface area contributed by atoms with E-state index in [0.29, 0.717) is 33.6 Å². The Balaban J connectivity index is 1.92. The molecule has 1 N–H and O–H groups in total. The Bertz CT molecular complexity index is 962. The Morgan fingerprint density at radius 2 is 1.96 bits per heavy atom. The number of hydrogen-bond donors (Lipinski definition) is 1. The van der Waals surface area contributed by atoms with Crippen molar-refractivity contribution in [2.75, 3.05) is 7.11 Å². The van der Waals surface area contributed by atoms with Crippen molar-refractivity contribution in [3.05, 3.63) is 54.1 Å². The zero-order valence-corrected chi connectivity index (χ0v) is 13.9. The predicted molar refractivity (Wildman–Crippen MR) is 91.7 cm³/mol. The van der Waals surface area contributed by atoms with Gasteiger partial charge in [0, 0.05) is 11.6 Å². The largest absolute Gasteiger partial charge is 0.506 e. The number of fused-ring (bicyclic) bond motifs is 1. The molecule has 3 rings (SSSR count). The fourth-order valence-corrected chi connectivity index (χ4v) is 2.22. The van der Waals surface area contributed by atoms with Crippen molar-refractivity contribution in [2.45, 2.75) is 13.5 Å². The van der Waals surface area contributed by atoms with Gasteiger partial charge in [0.2, 0.25) is 0 Å². The monoisotopic (exact) mass is 339 g/mol. The summed E-state index contributed by atoms with van der Waals surface area (Å²) in [6, 6.07) is 10.2. The summed E-state index contributed by atoms with van der Waals surface area (Å²) in [6.07, 6.45) is 0. The number of carbonyl (C=O) groups excluding carboxylic acids is 1. The van der Waals surface area contributed by atoms with Crippen molar-refractivity contribution < 1.29 is 19.4 Å². The van der Waals surface area contributed by atoms with E-state index >= 15 is 0 Å². The molecule has 0 aliphatic carbocycles. The van der Waals surface area contributed by atoms with Crippen LogP contribution in [-0.2, 0) is 16.1 Å². The molecule has 0 bridgehead atoms. The molecule has 0 saturated heterocycles. The number of benzene rings is 2. The Morgan fingerprint density at radius 3 is 2.68 bits per heavy atom. The molecule has 0 amide bonds. The van der Waals surface area contributed by atoms with E-state index in [-0.39, 0.29) is 12.4 Å². The topological polar surface area (TPSA) is 86.5 Å². The number of methoxy groups -OCH3 is 1. The molecule has 7 heteroatoms. The van der Waals surface area contributed by atoms with E-state index in [4.69, 9.17) is 9.47 Å². The van der Waals surface area contributed by atoms with Crippen molar-refractivity contribution >= 4 is 17.0 Å². The van der Waals surface area contributed by atoms with Gasteiger partial charge in [-0.15, -0.1) is 15.0 Å². The number of ether oxygens (including phenoxy) is 2. The van der Waals surface area contributed by atoms with Crippen LogP contribution in [0.25, 0.3) is 16.7 Å². The van der Waals surface area contributed by atoms with Gasteiger partial charge in [0.25, 0.3) is 0 Å². The maximum Gasteiger partial charge on any atom is 0.333 e. The van der Waals surface area contributed by atoms with E-state index in [1.54, 1.807) is 44.4 Å². The second-order valence-electron chi connectivity index (χ2n) is 5.52. The first-order chi connectivity index (χ1) is 12.0. The van der Waals surface area contributed by atoms with Gasteiger partial charge in [-0.25, -0.2) is 4.79 Å². The lowest BCUT2D eigenvalue weighted by Crippen LogP contribution is -2.06. The molecule has 0 atom stereocenters. The molecule has 0 unspecified atom stereocenters. The van der Waals surface area contributed by atoms with Crippen molar-refractivity contribution in [3.8, 4) is 17.2 Å². The molecule has 1 heterocycles. The zero-order valence-electron chi connectivity index (χ0n) is 13.9. The van der Waals surface area contributed by atoms with Crippen molar-refractivity contribution in [1.82, 2.24) is 15.0 Å². The van der Waals surface area contributed by atoms with Crippen LogP contribution in [0.4, 0.5) is 0 Å². The number of rotatable bonds is 5. The summed E-state index contributed by atoms with van der Waals surface area (Å²) in [7, 11) is 1.58. The first-order valence-electron chi connectivity index (χ1n) is 7.54. The smallest absolute Gasteiger partial charge is 0.333 e. The second-order valence-corrected chi connectivity index (χ2v) is 5.52. The Kier molecular flexibility index (Phi) is 4.38. The third-order valence-electron chi connectivity index (χ3n) is 3.56. The summed E-state index contributed by atoms with van der Waals surface area (Å²) >= 11 is 0. The molecule has 3 aromatic rings. The maximum atomic E-state index is 11.5. The van der Waals surface area contributed by atoms with Crippen LogP contribution in [0.1, 0.15) is 12.5 Å². The first kappa shape index (κ1) is 16.5. The van der Waals surface area contributed by atoms with Gasteiger partial charge in [0.15, 0.2) is 0 Å². The fraction of sp³-hybridized carbons (Fsp3) is 0.167. The minimum atomic E-state index is -0.468. The highest BCUT2D eigenvalue weighted by Gasteiger charge is 2.12. The molecule has 7 nitrogen and oxygen atoms in total. The Morgan fingerprint density at radius 1 is 1.20 bits per heavy atom. The van der Waals surface area contributed by atoms with Crippen LogP contribution in [0.5, 0.6) is 11.5 Å². The van der Waals surface area contributed by atoms with Crippen LogP contribution in [0.2, 0.25) is 0 Å². The quantitative estimate of drug-likeness (QED) is 0.568. The molecular weight excluding hydrogens is 322 g/mol. The third kappa shape index (κ3) is 3.45. The van der Waals surface area contributed by atoms with Crippen LogP contribution in [0.15, 0.2) is 48.6 Å². The van der Waals surface area contributed by atoms with Crippen LogP contribution >= 0.6 is 0 Å². The molecule has 0 radical (unpaired) electrons.